The van der Waals surface area contributed by atoms with E-state index in [2.05, 4.69) is 5.32 Å². The van der Waals surface area contributed by atoms with Crippen LogP contribution in [0.15, 0.2) is 48.0 Å². The average Bonchev–Trinajstić information content (AvgIpc) is 3.13. The molecule has 1 aromatic heterocycles. The number of aryl methyl sites for hydroxylation is 1. The van der Waals surface area contributed by atoms with E-state index in [1.165, 1.54) is 36.3 Å². The molecule has 0 spiro atoms. The van der Waals surface area contributed by atoms with Gasteiger partial charge in [0.15, 0.2) is 11.6 Å². The van der Waals surface area contributed by atoms with Gasteiger partial charge in [0.2, 0.25) is 13.3 Å². The Morgan fingerprint density at radius 3 is 2.65 bits per heavy atom. The molecule has 0 saturated heterocycles. The molecule has 8 heteroatoms. The summed E-state index contributed by atoms with van der Waals surface area (Å²) in [7, 11) is -3.35. The van der Waals surface area contributed by atoms with E-state index in [-0.39, 0.29) is 6.61 Å². The molecular formula is C23H24F2NO3PS. The second-order valence-electron chi connectivity index (χ2n) is 7.12. The minimum Gasteiger partial charge on any atom is -0.332 e. The maximum Gasteiger partial charge on any atom is 0.241 e. The molecule has 2 unspecified atom stereocenters. The van der Waals surface area contributed by atoms with Crippen LogP contribution in [0.3, 0.4) is 0 Å². The molecule has 4 nitrogen and oxygen atoms in total. The molecule has 31 heavy (non-hydrogen) atoms. The Hall–Kier alpha value is -2.34. The molecule has 1 heterocycles. The van der Waals surface area contributed by atoms with Gasteiger partial charge < -0.3 is 9.84 Å². The molecule has 0 radical (unpaired) electrons. The Morgan fingerprint density at radius 2 is 1.97 bits per heavy atom. The van der Waals surface area contributed by atoms with Crippen LogP contribution >= 0.6 is 18.7 Å². The van der Waals surface area contributed by atoms with Crippen molar-refractivity contribution >= 4 is 40.8 Å². The number of halogens is 2. The zero-order valence-corrected chi connectivity index (χ0v) is 19.2. The highest BCUT2D eigenvalue weighted by atomic mass is 32.1. The summed E-state index contributed by atoms with van der Waals surface area (Å²) in [5.74, 6) is -2.40. The largest absolute Gasteiger partial charge is 0.332 e. The van der Waals surface area contributed by atoms with Crippen LogP contribution < -0.4 is 5.32 Å². The smallest absolute Gasteiger partial charge is 0.241 e. The number of carbonyl (C=O) groups excluding carboxylic acids is 1. The molecular weight excluding hydrogens is 439 g/mol. The van der Waals surface area contributed by atoms with Crippen molar-refractivity contribution in [3.8, 4) is 0 Å². The highest BCUT2D eigenvalue weighted by molar-refractivity contribution is 7.59. The van der Waals surface area contributed by atoms with Crippen LogP contribution in [-0.2, 0) is 20.3 Å². The van der Waals surface area contributed by atoms with Gasteiger partial charge in [-0.3, -0.25) is 9.36 Å². The summed E-state index contributed by atoms with van der Waals surface area (Å²) in [4.78, 5) is 13.1. The molecule has 1 amide bonds. The van der Waals surface area contributed by atoms with Gasteiger partial charge in [0.25, 0.3) is 0 Å². The molecule has 0 aliphatic rings. The zero-order valence-electron chi connectivity index (χ0n) is 17.5. The lowest BCUT2D eigenvalue weighted by atomic mass is 10.1. The first-order valence-corrected chi connectivity index (χ1v) is 12.9. The van der Waals surface area contributed by atoms with Crippen LogP contribution in [0.5, 0.6) is 0 Å². The Balaban J connectivity index is 1.94. The van der Waals surface area contributed by atoms with E-state index < -0.39 is 30.6 Å². The number of benzene rings is 2. The Kier molecular flexibility index (Phi) is 7.42. The lowest BCUT2D eigenvalue weighted by Crippen LogP contribution is -2.25. The van der Waals surface area contributed by atoms with Gasteiger partial charge in [-0.05, 0) is 65.1 Å². The van der Waals surface area contributed by atoms with Gasteiger partial charge >= 0.3 is 0 Å². The number of rotatable bonds is 8. The van der Waals surface area contributed by atoms with Crippen LogP contribution in [0.25, 0.3) is 16.2 Å². The van der Waals surface area contributed by atoms with Gasteiger partial charge in [0.1, 0.15) is 5.66 Å². The SMILES string of the molecule is CCOP(C)(=O)C(C(=O)N/C=C/c1ccc(F)c(F)c1)c1csc2ccc(CC)cc12. The van der Waals surface area contributed by atoms with Crippen molar-refractivity contribution in [2.45, 2.75) is 25.9 Å². The Morgan fingerprint density at radius 1 is 1.19 bits per heavy atom. The first kappa shape index (κ1) is 23.3. The predicted octanol–water partition coefficient (Wildman–Crippen LogP) is 6.51. The lowest BCUT2D eigenvalue weighted by Gasteiger charge is -2.23. The predicted molar refractivity (Wildman–Crippen MR) is 123 cm³/mol. The van der Waals surface area contributed by atoms with Crippen LogP contribution in [0.1, 0.15) is 36.2 Å². The van der Waals surface area contributed by atoms with E-state index in [0.717, 1.165) is 34.2 Å². The van der Waals surface area contributed by atoms with Crippen LogP contribution in [0.4, 0.5) is 8.78 Å². The monoisotopic (exact) mass is 463 g/mol. The van der Waals surface area contributed by atoms with E-state index in [9.17, 15) is 18.1 Å². The van der Waals surface area contributed by atoms with E-state index in [4.69, 9.17) is 4.52 Å². The minimum atomic E-state index is -3.35. The van der Waals surface area contributed by atoms with Crippen molar-refractivity contribution in [1.82, 2.24) is 5.32 Å². The van der Waals surface area contributed by atoms with Crippen molar-refractivity contribution in [2.24, 2.45) is 0 Å². The number of nitrogens with one attached hydrogen (secondary N) is 1. The fraction of sp³-hybridized carbons (Fsp3) is 0.261. The highest BCUT2D eigenvalue weighted by Gasteiger charge is 2.38. The van der Waals surface area contributed by atoms with Gasteiger partial charge in [-0.15, -0.1) is 11.3 Å². The van der Waals surface area contributed by atoms with E-state index in [1.54, 1.807) is 6.92 Å². The standard InChI is InChI=1S/C23H24F2NO3PS/c1-4-15-7-9-21-17(12-15)18(14-31-21)22(30(3,28)29-5-2)23(27)26-11-10-16-6-8-19(24)20(25)13-16/h6-14,22H,4-5H2,1-3H3,(H,26,27)/b11-10+. The molecule has 164 valence electrons. The minimum absolute atomic E-state index is 0.213. The average molecular weight is 463 g/mol. The molecule has 0 aliphatic heterocycles. The molecule has 0 fully saturated rings. The summed E-state index contributed by atoms with van der Waals surface area (Å²) in [5, 5.41) is 5.36. The summed E-state index contributed by atoms with van der Waals surface area (Å²) in [5.41, 5.74) is 1.16. The molecule has 2 atom stereocenters. The van der Waals surface area contributed by atoms with Crippen molar-refractivity contribution in [3.05, 3.63) is 76.3 Å². The second kappa shape index (κ2) is 9.86. The fourth-order valence-electron chi connectivity index (χ4n) is 3.38. The summed E-state index contributed by atoms with van der Waals surface area (Å²) >= 11 is 1.48. The van der Waals surface area contributed by atoms with Gasteiger partial charge in [-0.25, -0.2) is 8.78 Å². The summed E-state index contributed by atoms with van der Waals surface area (Å²) < 4.78 is 46.4. The van der Waals surface area contributed by atoms with Gasteiger partial charge in [0.05, 0.1) is 6.61 Å². The van der Waals surface area contributed by atoms with Crippen molar-refractivity contribution in [3.63, 3.8) is 0 Å². The third-order valence-electron chi connectivity index (χ3n) is 4.92. The number of amides is 1. The molecule has 0 bridgehead atoms. The number of thiophene rings is 1. The van der Waals surface area contributed by atoms with E-state index >= 15 is 0 Å². The van der Waals surface area contributed by atoms with Crippen molar-refractivity contribution in [2.75, 3.05) is 13.3 Å². The molecule has 0 aliphatic carbocycles. The Labute approximate surface area is 184 Å². The maximum atomic E-state index is 13.4. The maximum absolute atomic E-state index is 13.4. The second-order valence-corrected chi connectivity index (χ2v) is 10.6. The van der Waals surface area contributed by atoms with E-state index in [0.29, 0.717) is 11.1 Å². The van der Waals surface area contributed by atoms with Crippen molar-refractivity contribution < 1.29 is 22.7 Å². The molecule has 3 aromatic rings. The lowest BCUT2D eigenvalue weighted by molar-refractivity contribution is -0.120. The number of carbonyl (C=O) groups is 1. The summed E-state index contributed by atoms with van der Waals surface area (Å²) in [6.45, 7) is 5.46. The highest BCUT2D eigenvalue weighted by Crippen LogP contribution is 2.58. The van der Waals surface area contributed by atoms with Crippen LogP contribution in [-0.4, -0.2) is 19.2 Å². The first-order chi connectivity index (χ1) is 14.8. The number of fused-ring (bicyclic) bond motifs is 1. The van der Waals surface area contributed by atoms with Gasteiger partial charge in [-0.2, -0.15) is 0 Å². The summed E-state index contributed by atoms with van der Waals surface area (Å²) in [6.07, 6.45) is 3.62. The molecule has 1 N–H and O–H groups in total. The van der Waals surface area contributed by atoms with Crippen LogP contribution in [0, 0.1) is 11.6 Å². The fourth-order valence-corrected chi connectivity index (χ4v) is 6.33. The summed E-state index contributed by atoms with van der Waals surface area (Å²) in [6, 6.07) is 9.49. The third-order valence-corrected chi connectivity index (χ3v) is 8.12. The molecule has 0 saturated carbocycles. The van der Waals surface area contributed by atoms with E-state index in [1.807, 2.05) is 30.5 Å². The Bertz CT molecular complexity index is 1170. The molecule has 3 rings (SSSR count). The quantitative estimate of drug-likeness (QED) is 0.387. The topological polar surface area (TPSA) is 55.4 Å². The van der Waals surface area contributed by atoms with Gasteiger partial charge in [0, 0.05) is 17.6 Å². The van der Waals surface area contributed by atoms with Gasteiger partial charge in [-0.1, -0.05) is 25.1 Å². The van der Waals surface area contributed by atoms with Crippen molar-refractivity contribution in [1.29, 1.82) is 0 Å². The normalized spacial score (nSPS) is 14.6. The first-order valence-electron chi connectivity index (χ1n) is 9.90. The molecule has 2 aromatic carbocycles. The zero-order chi connectivity index (χ0) is 22.6. The number of hydrogen-bond acceptors (Lipinski definition) is 4. The van der Waals surface area contributed by atoms with Crippen LogP contribution in [0.2, 0.25) is 0 Å². The number of hydrogen-bond donors (Lipinski definition) is 1. The third kappa shape index (κ3) is 5.29.